The molecule has 1 aromatic carbocycles. The highest BCUT2D eigenvalue weighted by molar-refractivity contribution is 5.94. The number of carbonyl (C=O) groups excluding carboxylic acids is 1. The molecule has 0 aliphatic carbocycles. The monoisotopic (exact) mass is 313 g/mol. The maximum atomic E-state index is 12.7. The molecule has 1 unspecified atom stereocenters. The maximum absolute atomic E-state index is 12.7. The second kappa shape index (κ2) is 5.91. The van der Waals surface area contributed by atoms with Gasteiger partial charge in [-0.15, -0.1) is 0 Å². The molecule has 2 aromatic rings. The van der Waals surface area contributed by atoms with E-state index >= 15 is 0 Å². The topological polar surface area (TPSA) is 70.8 Å². The average Bonchev–Trinajstić information content (AvgIpc) is 3.17. The highest BCUT2D eigenvalue weighted by atomic mass is 16.4. The Morgan fingerprint density at radius 2 is 1.91 bits per heavy atom. The smallest absolute Gasteiger partial charge is 0.371 e. The van der Waals surface area contributed by atoms with Crippen molar-refractivity contribution < 1.29 is 19.1 Å². The van der Waals surface area contributed by atoms with Crippen LogP contribution in [-0.2, 0) is 0 Å². The molecular weight excluding hydrogens is 294 g/mol. The van der Waals surface area contributed by atoms with Gasteiger partial charge in [0.15, 0.2) is 5.76 Å². The summed E-state index contributed by atoms with van der Waals surface area (Å²) in [4.78, 5) is 25.4. The van der Waals surface area contributed by atoms with Crippen LogP contribution in [0, 0.1) is 13.8 Å². The van der Waals surface area contributed by atoms with Crippen molar-refractivity contribution in [1.29, 1.82) is 0 Å². The van der Waals surface area contributed by atoms with Gasteiger partial charge in [-0.05, 0) is 49.9 Å². The van der Waals surface area contributed by atoms with E-state index in [-0.39, 0.29) is 23.5 Å². The molecule has 2 heterocycles. The molecule has 1 fully saturated rings. The molecule has 5 heteroatoms. The molecule has 0 spiro atoms. The number of amides is 1. The summed E-state index contributed by atoms with van der Waals surface area (Å²) < 4.78 is 5.17. The van der Waals surface area contributed by atoms with Crippen LogP contribution in [0.4, 0.5) is 0 Å². The number of carboxylic acid groups (broad SMARTS) is 1. The molecule has 0 saturated carbocycles. The Balaban J connectivity index is 1.90. The molecule has 1 saturated heterocycles. The number of hydrogen-bond acceptors (Lipinski definition) is 3. The fourth-order valence-electron chi connectivity index (χ4n) is 3.16. The summed E-state index contributed by atoms with van der Waals surface area (Å²) in [7, 11) is 0. The quantitative estimate of drug-likeness (QED) is 0.940. The van der Waals surface area contributed by atoms with Crippen LogP contribution < -0.4 is 0 Å². The average molecular weight is 313 g/mol. The highest BCUT2D eigenvalue weighted by Gasteiger charge is 2.33. The van der Waals surface area contributed by atoms with Crippen LogP contribution in [0.1, 0.15) is 56.7 Å². The number of hydrogen-bond donors (Lipinski definition) is 1. The summed E-state index contributed by atoms with van der Waals surface area (Å²) in [5, 5.41) is 8.92. The number of furan rings is 1. The van der Waals surface area contributed by atoms with E-state index in [1.807, 2.05) is 13.8 Å². The van der Waals surface area contributed by atoms with E-state index in [1.165, 1.54) is 12.1 Å². The molecule has 1 aliphatic heterocycles. The summed E-state index contributed by atoms with van der Waals surface area (Å²) in [5.41, 5.74) is 3.47. The van der Waals surface area contributed by atoms with Gasteiger partial charge in [-0.2, -0.15) is 0 Å². The van der Waals surface area contributed by atoms with Gasteiger partial charge in [0.1, 0.15) is 0 Å². The van der Waals surface area contributed by atoms with Crippen LogP contribution in [0.15, 0.2) is 34.7 Å². The minimum Gasteiger partial charge on any atom is -0.475 e. The van der Waals surface area contributed by atoms with E-state index in [1.54, 1.807) is 4.90 Å². The zero-order chi connectivity index (χ0) is 16.6. The first-order valence-corrected chi connectivity index (χ1v) is 7.68. The summed E-state index contributed by atoms with van der Waals surface area (Å²) >= 11 is 0. The molecule has 0 radical (unpaired) electrons. The molecule has 0 bridgehead atoms. The largest absolute Gasteiger partial charge is 0.475 e. The van der Waals surface area contributed by atoms with Gasteiger partial charge in [0.2, 0.25) is 5.76 Å². The molecule has 1 amide bonds. The fourth-order valence-corrected chi connectivity index (χ4v) is 3.16. The van der Waals surface area contributed by atoms with Crippen LogP contribution in [0.2, 0.25) is 0 Å². The van der Waals surface area contributed by atoms with Crippen molar-refractivity contribution in [3.63, 3.8) is 0 Å². The first-order chi connectivity index (χ1) is 11.0. The third-order valence-corrected chi connectivity index (χ3v) is 4.33. The summed E-state index contributed by atoms with van der Waals surface area (Å²) in [6.07, 6.45) is 1.83. The number of nitrogens with zero attached hydrogens (tertiary/aromatic N) is 1. The Morgan fingerprint density at radius 1 is 1.17 bits per heavy atom. The van der Waals surface area contributed by atoms with Crippen molar-refractivity contribution >= 4 is 11.9 Å². The van der Waals surface area contributed by atoms with E-state index in [0.29, 0.717) is 6.54 Å². The number of rotatable bonds is 3. The molecule has 5 nitrogen and oxygen atoms in total. The van der Waals surface area contributed by atoms with Crippen molar-refractivity contribution in [3.8, 4) is 0 Å². The minimum absolute atomic E-state index is 0.0146. The molecule has 1 aromatic heterocycles. The zero-order valence-corrected chi connectivity index (χ0v) is 13.2. The second-order valence-electron chi connectivity index (χ2n) is 5.99. The molecule has 120 valence electrons. The van der Waals surface area contributed by atoms with E-state index < -0.39 is 5.97 Å². The highest BCUT2D eigenvalue weighted by Crippen LogP contribution is 2.35. The van der Waals surface area contributed by atoms with Crippen LogP contribution in [0.3, 0.4) is 0 Å². The fraction of sp³-hybridized carbons (Fsp3) is 0.333. The lowest BCUT2D eigenvalue weighted by atomic mass is 9.97. The van der Waals surface area contributed by atoms with Crippen molar-refractivity contribution in [2.45, 2.75) is 32.7 Å². The number of likely N-dealkylation sites (tertiary alicyclic amines) is 1. The Morgan fingerprint density at radius 3 is 2.61 bits per heavy atom. The first-order valence-electron chi connectivity index (χ1n) is 7.68. The summed E-state index contributed by atoms with van der Waals surface area (Å²) in [6.45, 7) is 4.74. The minimum atomic E-state index is -1.17. The second-order valence-corrected chi connectivity index (χ2v) is 5.99. The van der Waals surface area contributed by atoms with E-state index in [9.17, 15) is 9.59 Å². The maximum Gasteiger partial charge on any atom is 0.371 e. The normalized spacial score (nSPS) is 17.5. The van der Waals surface area contributed by atoms with Gasteiger partial charge in [-0.3, -0.25) is 4.79 Å². The van der Waals surface area contributed by atoms with Gasteiger partial charge in [0.25, 0.3) is 5.91 Å². The van der Waals surface area contributed by atoms with E-state index in [0.717, 1.165) is 29.5 Å². The van der Waals surface area contributed by atoms with Gasteiger partial charge in [-0.25, -0.2) is 4.79 Å². The van der Waals surface area contributed by atoms with Crippen molar-refractivity contribution in [1.82, 2.24) is 4.90 Å². The van der Waals surface area contributed by atoms with Crippen molar-refractivity contribution in [2.75, 3.05) is 6.54 Å². The molecular formula is C18H19NO4. The Hall–Kier alpha value is -2.56. The Labute approximate surface area is 134 Å². The number of benzene rings is 1. The van der Waals surface area contributed by atoms with Gasteiger partial charge < -0.3 is 14.4 Å². The number of aromatic carboxylic acids is 1. The Bertz CT molecular complexity index is 762. The van der Waals surface area contributed by atoms with E-state index in [2.05, 4.69) is 18.2 Å². The zero-order valence-electron chi connectivity index (χ0n) is 13.2. The number of carbonyl (C=O) groups is 2. The summed E-state index contributed by atoms with van der Waals surface area (Å²) in [6, 6.07) is 9.02. The van der Waals surface area contributed by atoms with Crippen molar-refractivity contribution in [2.24, 2.45) is 0 Å². The predicted octanol–water partition coefficient (Wildman–Crippen LogP) is 3.57. The lowest BCUT2D eigenvalue weighted by Crippen LogP contribution is -2.30. The SMILES string of the molecule is Cc1ccc(C)c(C2CCCN2C(=O)c2ccc(C(=O)O)o2)c1. The van der Waals surface area contributed by atoms with Crippen LogP contribution in [-0.4, -0.2) is 28.4 Å². The third-order valence-electron chi connectivity index (χ3n) is 4.33. The van der Waals surface area contributed by atoms with Gasteiger partial charge in [0, 0.05) is 6.54 Å². The van der Waals surface area contributed by atoms with Crippen molar-refractivity contribution in [3.05, 3.63) is 58.5 Å². The standard InChI is InChI=1S/C18H19NO4/c1-11-5-6-12(2)13(10-11)14-4-3-9-19(14)17(20)15-7-8-16(23-15)18(21)22/h5-8,10,14H,3-4,9H2,1-2H3,(H,21,22). The molecule has 1 N–H and O–H groups in total. The first kappa shape index (κ1) is 15.3. The van der Waals surface area contributed by atoms with Crippen LogP contribution in [0.5, 0.6) is 0 Å². The molecule has 1 atom stereocenters. The van der Waals surface area contributed by atoms with E-state index in [4.69, 9.17) is 9.52 Å². The van der Waals surface area contributed by atoms with Crippen LogP contribution >= 0.6 is 0 Å². The van der Waals surface area contributed by atoms with Gasteiger partial charge in [-0.1, -0.05) is 23.8 Å². The van der Waals surface area contributed by atoms with Gasteiger partial charge in [0.05, 0.1) is 6.04 Å². The molecule has 3 rings (SSSR count). The molecule has 1 aliphatic rings. The lowest BCUT2D eigenvalue weighted by Gasteiger charge is -2.25. The molecule has 23 heavy (non-hydrogen) atoms. The lowest BCUT2D eigenvalue weighted by molar-refractivity contribution is 0.0645. The predicted molar refractivity (Wildman–Crippen MR) is 84.6 cm³/mol. The third kappa shape index (κ3) is 2.86. The number of carboxylic acids is 1. The Kier molecular flexibility index (Phi) is 3.94. The van der Waals surface area contributed by atoms with Crippen LogP contribution in [0.25, 0.3) is 0 Å². The van der Waals surface area contributed by atoms with Gasteiger partial charge >= 0.3 is 5.97 Å². The number of aryl methyl sites for hydroxylation is 2. The summed E-state index contributed by atoms with van der Waals surface area (Å²) in [5.74, 6) is -1.55.